The van der Waals surface area contributed by atoms with E-state index in [1.807, 2.05) is 6.92 Å². The minimum absolute atomic E-state index is 0.283. The third kappa shape index (κ3) is 18.0. The Kier molecular flexibility index (Phi) is 19.9. The number of rotatable bonds is 19. The highest BCUT2D eigenvalue weighted by atomic mass is 16.5. The van der Waals surface area contributed by atoms with Crippen molar-refractivity contribution in [1.29, 1.82) is 0 Å². The number of unbranched alkanes of at least 4 members (excludes halogenated alkanes) is 15. The Morgan fingerprint density at radius 3 is 1.42 bits per heavy atom. The molecule has 0 aliphatic rings. The van der Waals surface area contributed by atoms with Crippen LogP contribution in [0.2, 0.25) is 0 Å². The maximum Gasteiger partial charge on any atom is 0.306 e. The van der Waals surface area contributed by atoms with Crippen LogP contribution in [-0.4, -0.2) is 24.2 Å². The van der Waals surface area contributed by atoms with Crippen molar-refractivity contribution < 1.29 is 4.79 Å². The van der Waals surface area contributed by atoms with Crippen LogP contribution in [0.3, 0.4) is 0 Å². The monoisotopic (exact) mass is 369 g/mol. The van der Waals surface area contributed by atoms with Gasteiger partial charge in [-0.3, -0.25) is 0 Å². The van der Waals surface area contributed by atoms with Gasteiger partial charge in [-0.05, 0) is 12.8 Å². The Balaban J connectivity index is 3.12. The molecule has 26 heavy (non-hydrogen) atoms. The van der Waals surface area contributed by atoms with Crippen LogP contribution in [-0.2, 0) is 0 Å². The Morgan fingerprint density at radius 2 is 1.04 bits per heavy atom. The van der Waals surface area contributed by atoms with Crippen LogP contribution < -0.4 is 5.32 Å². The Morgan fingerprint density at radius 1 is 0.654 bits per heavy atom. The van der Waals surface area contributed by atoms with Gasteiger partial charge < -0.3 is 15.6 Å². The van der Waals surface area contributed by atoms with Gasteiger partial charge in [0.25, 0.3) is 0 Å². The van der Waals surface area contributed by atoms with Crippen LogP contribution in [0.4, 0.5) is 4.79 Å². The molecular weight excluding hydrogens is 324 g/mol. The molecule has 0 heterocycles. The summed E-state index contributed by atoms with van der Waals surface area (Å²) in [5.41, 5.74) is 0. The van der Waals surface area contributed by atoms with E-state index in [9.17, 15) is 10.0 Å². The second kappa shape index (κ2) is 20.5. The number of nitrogens with one attached hydrogen (secondary N) is 1. The lowest BCUT2D eigenvalue weighted by molar-refractivity contribution is 0.215. The van der Waals surface area contributed by atoms with Crippen molar-refractivity contribution in [3.05, 3.63) is 5.21 Å². The standard InChI is InChI=1S/C22H45N2O2/c1-3-5-6-7-8-9-10-11-12-13-14-15-16-17-18-19-20-23-22(25)24(26)21-4-2/h3-21H2,1-2H3,(H,23,25)/q-1. The number of nitrogens with zero attached hydrogens (tertiary/aromatic N) is 1. The summed E-state index contributed by atoms with van der Waals surface area (Å²) < 4.78 is 0. The number of carbonyl (C=O) groups is 1. The fraction of sp³-hybridized carbons (Fsp3) is 0.955. The number of urea groups is 1. The average Bonchev–Trinajstić information content (AvgIpc) is 2.64. The molecule has 0 aromatic heterocycles. The first-order valence-corrected chi connectivity index (χ1v) is 11.4. The van der Waals surface area contributed by atoms with Crippen molar-refractivity contribution >= 4 is 6.03 Å². The van der Waals surface area contributed by atoms with Crippen molar-refractivity contribution in [3.63, 3.8) is 0 Å². The summed E-state index contributed by atoms with van der Waals surface area (Å²) in [6.07, 6.45) is 22.2. The van der Waals surface area contributed by atoms with E-state index in [2.05, 4.69) is 12.2 Å². The molecule has 0 aliphatic heterocycles. The van der Waals surface area contributed by atoms with Gasteiger partial charge in [0.15, 0.2) is 0 Å². The zero-order chi connectivity index (χ0) is 19.3. The minimum Gasteiger partial charge on any atom is -0.755 e. The molecule has 0 aromatic carbocycles. The van der Waals surface area contributed by atoms with Gasteiger partial charge in [-0.1, -0.05) is 110 Å². The second-order valence-electron chi connectivity index (χ2n) is 7.64. The van der Waals surface area contributed by atoms with E-state index in [0.29, 0.717) is 18.0 Å². The zero-order valence-corrected chi connectivity index (χ0v) is 17.7. The van der Waals surface area contributed by atoms with Crippen LogP contribution >= 0.6 is 0 Å². The van der Waals surface area contributed by atoms with Crippen LogP contribution in [0.25, 0.3) is 0 Å². The first-order valence-electron chi connectivity index (χ1n) is 11.4. The summed E-state index contributed by atoms with van der Waals surface area (Å²) in [4.78, 5) is 11.4. The highest BCUT2D eigenvalue weighted by Gasteiger charge is 2.01. The predicted octanol–water partition coefficient (Wildman–Crippen LogP) is 7.17. The van der Waals surface area contributed by atoms with E-state index in [1.165, 1.54) is 89.9 Å². The smallest absolute Gasteiger partial charge is 0.306 e. The molecule has 2 amide bonds. The number of hydrogen-bond acceptors (Lipinski definition) is 2. The van der Waals surface area contributed by atoms with Gasteiger partial charge in [-0.25, -0.2) is 4.79 Å². The molecular formula is C22H45N2O2-. The lowest BCUT2D eigenvalue weighted by Gasteiger charge is -2.27. The molecule has 0 radical (unpaired) electrons. The number of hydroxylamine groups is 2. The second-order valence-corrected chi connectivity index (χ2v) is 7.64. The summed E-state index contributed by atoms with van der Waals surface area (Å²) in [5.74, 6) is 0. The quantitative estimate of drug-likeness (QED) is 0.194. The fourth-order valence-electron chi connectivity index (χ4n) is 3.26. The first-order chi connectivity index (χ1) is 12.7. The Bertz CT molecular complexity index is 298. The van der Waals surface area contributed by atoms with Crippen LogP contribution in [0.1, 0.15) is 123 Å². The third-order valence-electron chi connectivity index (χ3n) is 4.96. The van der Waals surface area contributed by atoms with E-state index in [-0.39, 0.29) is 6.54 Å². The molecule has 0 aliphatic carbocycles. The highest BCUT2D eigenvalue weighted by Crippen LogP contribution is 2.13. The first kappa shape index (κ1) is 25.2. The van der Waals surface area contributed by atoms with Crippen molar-refractivity contribution in [2.24, 2.45) is 0 Å². The molecule has 0 saturated carbocycles. The summed E-state index contributed by atoms with van der Waals surface area (Å²) in [5, 5.41) is 14.5. The minimum atomic E-state index is -0.479. The summed E-state index contributed by atoms with van der Waals surface area (Å²) in [7, 11) is 0. The fourth-order valence-corrected chi connectivity index (χ4v) is 3.26. The van der Waals surface area contributed by atoms with E-state index in [4.69, 9.17) is 0 Å². The lowest BCUT2D eigenvalue weighted by atomic mass is 10.0. The Hall–Kier alpha value is -0.770. The van der Waals surface area contributed by atoms with Gasteiger partial charge in [-0.2, -0.15) is 0 Å². The SMILES string of the molecule is CCCCCCCCCCCCCCCCCCNC(=O)N([O-])CCC. The van der Waals surface area contributed by atoms with Crippen LogP contribution in [0.5, 0.6) is 0 Å². The molecule has 0 saturated heterocycles. The maximum absolute atomic E-state index is 11.4. The molecule has 0 aromatic rings. The van der Waals surface area contributed by atoms with Gasteiger partial charge in [-0.15, -0.1) is 0 Å². The normalized spacial score (nSPS) is 10.9. The third-order valence-corrected chi connectivity index (χ3v) is 4.96. The van der Waals surface area contributed by atoms with Crippen molar-refractivity contribution in [2.45, 2.75) is 123 Å². The molecule has 4 nitrogen and oxygen atoms in total. The van der Waals surface area contributed by atoms with E-state index >= 15 is 0 Å². The van der Waals surface area contributed by atoms with E-state index < -0.39 is 6.03 Å². The average molecular weight is 370 g/mol. The molecule has 1 N–H and O–H groups in total. The highest BCUT2D eigenvalue weighted by molar-refractivity contribution is 5.74. The molecule has 0 fully saturated rings. The summed E-state index contributed by atoms with van der Waals surface area (Å²) >= 11 is 0. The van der Waals surface area contributed by atoms with Crippen LogP contribution in [0.15, 0.2) is 0 Å². The topological polar surface area (TPSA) is 55.4 Å². The van der Waals surface area contributed by atoms with Gasteiger partial charge in [0.2, 0.25) is 0 Å². The van der Waals surface area contributed by atoms with Gasteiger partial charge in [0.1, 0.15) is 0 Å². The van der Waals surface area contributed by atoms with Gasteiger partial charge in [0, 0.05) is 13.1 Å². The Labute approximate surface area is 163 Å². The predicted molar refractivity (Wildman–Crippen MR) is 113 cm³/mol. The largest absolute Gasteiger partial charge is 0.755 e. The van der Waals surface area contributed by atoms with Gasteiger partial charge in [0.05, 0.1) is 0 Å². The van der Waals surface area contributed by atoms with Crippen LogP contribution in [0, 0.1) is 5.21 Å². The molecule has 0 rings (SSSR count). The molecule has 0 spiro atoms. The molecule has 0 bridgehead atoms. The van der Waals surface area contributed by atoms with Gasteiger partial charge >= 0.3 is 6.03 Å². The number of amides is 2. The maximum atomic E-state index is 11.4. The van der Waals surface area contributed by atoms with Crippen molar-refractivity contribution in [3.8, 4) is 0 Å². The molecule has 156 valence electrons. The van der Waals surface area contributed by atoms with Crippen molar-refractivity contribution in [1.82, 2.24) is 10.4 Å². The lowest BCUT2D eigenvalue weighted by Crippen LogP contribution is -2.36. The zero-order valence-electron chi connectivity index (χ0n) is 17.7. The van der Waals surface area contributed by atoms with Crippen molar-refractivity contribution in [2.75, 3.05) is 13.1 Å². The summed E-state index contributed by atoms with van der Waals surface area (Å²) in [6, 6.07) is -0.479. The molecule has 4 heteroatoms. The number of carbonyl (C=O) groups excluding carboxylic acids is 1. The van der Waals surface area contributed by atoms with E-state index in [0.717, 1.165) is 12.8 Å². The van der Waals surface area contributed by atoms with E-state index in [1.54, 1.807) is 0 Å². The number of hydrogen-bond donors (Lipinski definition) is 1. The molecule has 0 atom stereocenters. The molecule has 0 unspecified atom stereocenters. The summed E-state index contributed by atoms with van der Waals surface area (Å²) in [6.45, 7) is 5.08.